The van der Waals surface area contributed by atoms with Crippen molar-refractivity contribution in [3.05, 3.63) is 71.2 Å². The number of aryl methyl sites for hydroxylation is 1. The fourth-order valence-electron chi connectivity index (χ4n) is 2.90. The number of fused-ring (bicyclic) bond motifs is 1. The van der Waals surface area contributed by atoms with E-state index in [1.807, 2.05) is 57.2 Å². The lowest BCUT2D eigenvalue weighted by atomic mass is 9.93. The van der Waals surface area contributed by atoms with Crippen LogP contribution in [-0.4, -0.2) is 10.7 Å². The van der Waals surface area contributed by atoms with Gasteiger partial charge in [0, 0.05) is 28.4 Å². The van der Waals surface area contributed by atoms with Crippen LogP contribution in [0.25, 0.3) is 10.9 Å². The fraction of sp³-hybridized carbons (Fsp3) is 0.273. The Balaban J connectivity index is 1.99. The zero-order chi connectivity index (χ0) is 18.7. The molecule has 3 rings (SSSR count). The summed E-state index contributed by atoms with van der Waals surface area (Å²) in [6, 6.07) is 14.6. The first-order chi connectivity index (χ1) is 12.5. The second-order valence-corrected chi connectivity index (χ2v) is 6.61. The second-order valence-electron chi connectivity index (χ2n) is 6.61. The predicted molar refractivity (Wildman–Crippen MR) is 103 cm³/mol. The molecule has 1 heterocycles. The van der Waals surface area contributed by atoms with E-state index in [-0.39, 0.29) is 11.7 Å². The minimum atomic E-state index is -0.433. The molecule has 1 aromatic heterocycles. The van der Waals surface area contributed by atoms with Crippen LogP contribution in [0.4, 0.5) is 4.39 Å². The number of nitrogens with one attached hydrogen (secondary N) is 1. The van der Waals surface area contributed by atoms with Crippen LogP contribution in [0.1, 0.15) is 37.1 Å². The van der Waals surface area contributed by atoms with Crippen molar-refractivity contribution >= 4 is 16.6 Å². The molecule has 0 aliphatic heterocycles. The standard InChI is InChI=1S/C22H23FN2O/c1-4-14(2)22(24)18-10-15(3)25-20-12-21(19(23)11-17(18)20)26-13-16-8-6-5-7-9-16/h5-12,14,24H,4,13H2,1-3H3/t14-/m0/s1. The zero-order valence-corrected chi connectivity index (χ0v) is 15.3. The molecule has 1 atom stereocenters. The van der Waals surface area contributed by atoms with Gasteiger partial charge in [-0.2, -0.15) is 0 Å². The van der Waals surface area contributed by atoms with Gasteiger partial charge < -0.3 is 10.1 Å². The third-order valence-electron chi connectivity index (χ3n) is 4.62. The maximum atomic E-state index is 14.6. The van der Waals surface area contributed by atoms with Crippen molar-refractivity contribution < 1.29 is 9.13 Å². The van der Waals surface area contributed by atoms with Crippen molar-refractivity contribution in [2.75, 3.05) is 0 Å². The Morgan fingerprint density at radius 2 is 1.92 bits per heavy atom. The molecule has 134 valence electrons. The van der Waals surface area contributed by atoms with Crippen molar-refractivity contribution in [1.82, 2.24) is 4.98 Å². The minimum Gasteiger partial charge on any atom is -0.486 e. The number of aromatic nitrogens is 1. The third-order valence-corrected chi connectivity index (χ3v) is 4.62. The summed E-state index contributed by atoms with van der Waals surface area (Å²) in [6.45, 7) is 6.24. The summed E-state index contributed by atoms with van der Waals surface area (Å²) in [4.78, 5) is 4.52. The van der Waals surface area contributed by atoms with E-state index in [1.165, 1.54) is 6.07 Å². The number of rotatable bonds is 6. The molecule has 26 heavy (non-hydrogen) atoms. The molecule has 3 nitrogen and oxygen atoms in total. The van der Waals surface area contributed by atoms with Crippen LogP contribution in [-0.2, 0) is 6.61 Å². The fourth-order valence-corrected chi connectivity index (χ4v) is 2.90. The summed E-state index contributed by atoms with van der Waals surface area (Å²) >= 11 is 0. The lowest BCUT2D eigenvalue weighted by Gasteiger charge is -2.15. The van der Waals surface area contributed by atoms with Crippen molar-refractivity contribution in [2.24, 2.45) is 5.92 Å². The first-order valence-corrected chi connectivity index (χ1v) is 8.86. The molecule has 0 aliphatic carbocycles. The van der Waals surface area contributed by atoms with Crippen LogP contribution in [0.15, 0.2) is 48.5 Å². The summed E-state index contributed by atoms with van der Waals surface area (Å²) in [6.07, 6.45) is 0.864. The molecule has 0 spiro atoms. The lowest BCUT2D eigenvalue weighted by molar-refractivity contribution is 0.291. The average Bonchev–Trinajstić information content (AvgIpc) is 2.65. The maximum absolute atomic E-state index is 14.6. The molecule has 4 heteroatoms. The molecule has 0 fully saturated rings. The van der Waals surface area contributed by atoms with E-state index in [0.717, 1.165) is 23.2 Å². The molecule has 0 amide bonds. The van der Waals surface area contributed by atoms with Gasteiger partial charge in [0.15, 0.2) is 11.6 Å². The number of pyridine rings is 1. The number of hydrogen-bond donors (Lipinski definition) is 1. The highest BCUT2D eigenvalue weighted by atomic mass is 19.1. The molecule has 2 aromatic carbocycles. The number of ether oxygens (including phenoxy) is 1. The maximum Gasteiger partial charge on any atom is 0.165 e. The first kappa shape index (κ1) is 18.1. The van der Waals surface area contributed by atoms with Crippen LogP contribution >= 0.6 is 0 Å². The van der Waals surface area contributed by atoms with Gasteiger partial charge in [-0.15, -0.1) is 0 Å². The van der Waals surface area contributed by atoms with Crippen LogP contribution in [0, 0.1) is 24.1 Å². The van der Waals surface area contributed by atoms with E-state index in [4.69, 9.17) is 10.1 Å². The van der Waals surface area contributed by atoms with Gasteiger partial charge >= 0.3 is 0 Å². The Bertz CT molecular complexity index is 938. The van der Waals surface area contributed by atoms with Crippen LogP contribution in [0.3, 0.4) is 0 Å². The number of hydrogen-bond acceptors (Lipinski definition) is 3. The summed E-state index contributed by atoms with van der Waals surface area (Å²) in [7, 11) is 0. The highest BCUT2D eigenvalue weighted by Crippen LogP contribution is 2.29. The summed E-state index contributed by atoms with van der Waals surface area (Å²) < 4.78 is 20.3. The van der Waals surface area contributed by atoms with E-state index >= 15 is 0 Å². The van der Waals surface area contributed by atoms with Crippen LogP contribution in [0.5, 0.6) is 5.75 Å². The second kappa shape index (κ2) is 7.65. The highest BCUT2D eigenvalue weighted by Gasteiger charge is 2.16. The normalized spacial score (nSPS) is 12.2. The van der Waals surface area contributed by atoms with Gasteiger partial charge in [0.2, 0.25) is 0 Å². The summed E-state index contributed by atoms with van der Waals surface area (Å²) in [5.74, 6) is -0.144. The van der Waals surface area contributed by atoms with E-state index < -0.39 is 5.82 Å². The van der Waals surface area contributed by atoms with Gasteiger partial charge in [-0.1, -0.05) is 44.2 Å². The number of benzene rings is 2. The number of halogens is 1. The van der Waals surface area contributed by atoms with Gasteiger partial charge in [0.05, 0.1) is 5.52 Å². The SMILES string of the molecule is CC[C@H](C)C(=N)c1cc(C)nc2cc(OCc3ccccc3)c(F)cc12. The molecule has 3 aromatic rings. The zero-order valence-electron chi connectivity index (χ0n) is 15.3. The van der Waals surface area contributed by atoms with Crippen molar-refractivity contribution in [3.8, 4) is 5.75 Å². The Hall–Kier alpha value is -2.75. The summed E-state index contributed by atoms with van der Waals surface area (Å²) in [5, 5.41) is 9.11. The first-order valence-electron chi connectivity index (χ1n) is 8.86. The Labute approximate surface area is 153 Å². The topological polar surface area (TPSA) is 46.0 Å². The van der Waals surface area contributed by atoms with E-state index in [0.29, 0.717) is 23.2 Å². The van der Waals surface area contributed by atoms with Gasteiger partial charge in [-0.3, -0.25) is 4.98 Å². The van der Waals surface area contributed by atoms with Crippen LogP contribution < -0.4 is 4.74 Å². The van der Waals surface area contributed by atoms with E-state index in [9.17, 15) is 4.39 Å². The molecule has 0 unspecified atom stereocenters. The van der Waals surface area contributed by atoms with E-state index in [1.54, 1.807) is 6.07 Å². The molecule has 0 saturated heterocycles. The molecule has 1 N–H and O–H groups in total. The summed E-state index contributed by atoms with van der Waals surface area (Å²) in [5.41, 5.74) is 3.69. The lowest BCUT2D eigenvalue weighted by Crippen LogP contribution is -2.12. The Morgan fingerprint density at radius 3 is 2.62 bits per heavy atom. The smallest absolute Gasteiger partial charge is 0.165 e. The van der Waals surface area contributed by atoms with Gasteiger partial charge in [0.25, 0.3) is 0 Å². The van der Waals surface area contributed by atoms with Gasteiger partial charge in [-0.25, -0.2) is 4.39 Å². The molecular formula is C22H23FN2O. The predicted octanol–water partition coefficient (Wildman–Crippen LogP) is 5.68. The molecule has 0 radical (unpaired) electrons. The molecular weight excluding hydrogens is 327 g/mol. The Kier molecular flexibility index (Phi) is 5.31. The van der Waals surface area contributed by atoms with Crippen LogP contribution in [0.2, 0.25) is 0 Å². The van der Waals surface area contributed by atoms with Gasteiger partial charge in [0.1, 0.15) is 6.61 Å². The minimum absolute atomic E-state index is 0.108. The van der Waals surface area contributed by atoms with Crippen molar-refractivity contribution in [3.63, 3.8) is 0 Å². The van der Waals surface area contributed by atoms with Crippen molar-refractivity contribution in [1.29, 1.82) is 5.41 Å². The molecule has 0 aliphatic rings. The monoisotopic (exact) mass is 350 g/mol. The van der Waals surface area contributed by atoms with E-state index in [2.05, 4.69) is 4.98 Å². The number of nitrogens with zero attached hydrogens (tertiary/aromatic N) is 1. The Morgan fingerprint density at radius 1 is 1.19 bits per heavy atom. The molecule has 0 bridgehead atoms. The third kappa shape index (κ3) is 3.74. The molecule has 0 saturated carbocycles. The average molecular weight is 350 g/mol. The van der Waals surface area contributed by atoms with Gasteiger partial charge in [-0.05, 0) is 37.0 Å². The highest BCUT2D eigenvalue weighted by molar-refractivity contribution is 6.09. The van der Waals surface area contributed by atoms with Crippen molar-refractivity contribution in [2.45, 2.75) is 33.8 Å². The largest absolute Gasteiger partial charge is 0.486 e. The quantitative estimate of drug-likeness (QED) is 0.582.